The van der Waals surface area contributed by atoms with Gasteiger partial charge in [-0.25, -0.2) is 4.57 Å². The molecule has 0 spiro atoms. The van der Waals surface area contributed by atoms with Crippen LogP contribution >= 0.6 is 0 Å². The Bertz CT molecular complexity index is 583. The number of likely N-dealkylation sites (tertiary alicyclic amines) is 1. The zero-order valence-corrected chi connectivity index (χ0v) is 12.3. The van der Waals surface area contributed by atoms with Gasteiger partial charge >= 0.3 is 5.82 Å². The lowest BCUT2D eigenvalue weighted by Gasteiger charge is -2.26. The lowest BCUT2D eigenvalue weighted by molar-refractivity contribution is -0.391. The van der Waals surface area contributed by atoms with Crippen LogP contribution in [0.25, 0.3) is 0 Å². The van der Waals surface area contributed by atoms with Crippen LogP contribution in [0.5, 0.6) is 0 Å². The predicted molar refractivity (Wildman–Crippen MR) is 77.0 cm³/mol. The normalized spacial score (nSPS) is 27.9. The van der Waals surface area contributed by atoms with Crippen molar-refractivity contribution in [3.8, 4) is 0 Å². The molecule has 2 fully saturated rings. The van der Waals surface area contributed by atoms with Crippen molar-refractivity contribution in [1.29, 1.82) is 0 Å². The Labute approximate surface area is 123 Å². The molecule has 2 saturated heterocycles. The van der Waals surface area contributed by atoms with Gasteiger partial charge in [0.2, 0.25) is 0 Å². The molecular weight excluding hydrogens is 272 g/mol. The molecule has 3 atom stereocenters. The molecule has 2 aliphatic rings. The van der Waals surface area contributed by atoms with Crippen molar-refractivity contribution < 1.29 is 9.72 Å². The smallest absolute Gasteiger partial charge is 0.323 e. The minimum Gasteiger partial charge on any atom is -0.358 e. The monoisotopic (exact) mass is 292 g/mol. The SMILES string of the molecule is CCC1C2CNCC2CN1C(=O)c1ccc([N+](=O)[O-])n1C. The summed E-state index contributed by atoms with van der Waals surface area (Å²) in [5.41, 5.74) is 0.396. The molecule has 3 unspecified atom stereocenters. The molecule has 3 rings (SSSR count). The van der Waals surface area contributed by atoms with Crippen LogP contribution in [0.4, 0.5) is 5.82 Å². The van der Waals surface area contributed by atoms with Gasteiger partial charge in [0.25, 0.3) is 5.91 Å². The average molecular weight is 292 g/mol. The van der Waals surface area contributed by atoms with Crippen molar-refractivity contribution in [2.24, 2.45) is 18.9 Å². The fourth-order valence-electron chi connectivity index (χ4n) is 3.83. The molecule has 7 nitrogen and oxygen atoms in total. The molecule has 0 bridgehead atoms. The van der Waals surface area contributed by atoms with E-state index >= 15 is 0 Å². The molecule has 0 aliphatic carbocycles. The lowest BCUT2D eigenvalue weighted by atomic mass is 9.93. The van der Waals surface area contributed by atoms with Crippen LogP contribution in [0.15, 0.2) is 12.1 Å². The highest BCUT2D eigenvalue weighted by molar-refractivity contribution is 5.93. The van der Waals surface area contributed by atoms with Gasteiger partial charge < -0.3 is 20.3 Å². The zero-order chi connectivity index (χ0) is 15.1. The predicted octanol–water partition coefficient (Wildman–Crippen LogP) is 1.00. The maximum absolute atomic E-state index is 12.8. The van der Waals surface area contributed by atoms with E-state index in [1.165, 1.54) is 10.6 Å². The summed E-state index contributed by atoms with van der Waals surface area (Å²) in [6, 6.07) is 3.18. The molecule has 21 heavy (non-hydrogen) atoms. The molecule has 0 radical (unpaired) electrons. The molecule has 0 saturated carbocycles. The summed E-state index contributed by atoms with van der Waals surface area (Å²) >= 11 is 0. The third-order valence-electron chi connectivity index (χ3n) is 4.90. The van der Waals surface area contributed by atoms with E-state index < -0.39 is 4.92 Å². The van der Waals surface area contributed by atoms with Crippen molar-refractivity contribution in [1.82, 2.24) is 14.8 Å². The Balaban J connectivity index is 1.87. The van der Waals surface area contributed by atoms with Gasteiger partial charge in [0.1, 0.15) is 0 Å². The third-order valence-corrected chi connectivity index (χ3v) is 4.90. The summed E-state index contributed by atoms with van der Waals surface area (Å²) in [7, 11) is 1.57. The van der Waals surface area contributed by atoms with Gasteiger partial charge in [-0.2, -0.15) is 0 Å². The van der Waals surface area contributed by atoms with Crippen LogP contribution < -0.4 is 5.32 Å². The molecule has 1 aromatic heterocycles. The Kier molecular flexibility index (Phi) is 3.44. The molecule has 3 heterocycles. The van der Waals surface area contributed by atoms with E-state index in [0.29, 0.717) is 17.5 Å². The second-order valence-electron chi connectivity index (χ2n) is 5.91. The first-order chi connectivity index (χ1) is 10.0. The Morgan fingerprint density at radius 3 is 2.86 bits per heavy atom. The Morgan fingerprint density at radius 1 is 1.48 bits per heavy atom. The number of rotatable bonds is 3. The highest BCUT2D eigenvalue weighted by atomic mass is 16.6. The third kappa shape index (κ3) is 2.12. The quantitative estimate of drug-likeness (QED) is 0.666. The van der Waals surface area contributed by atoms with E-state index in [4.69, 9.17) is 0 Å². The maximum atomic E-state index is 12.8. The van der Waals surface area contributed by atoms with Gasteiger partial charge in [0.05, 0.1) is 7.05 Å². The van der Waals surface area contributed by atoms with Crippen LogP contribution in [0.1, 0.15) is 23.8 Å². The number of nitro groups is 1. The number of fused-ring (bicyclic) bond motifs is 1. The van der Waals surface area contributed by atoms with Crippen molar-refractivity contribution >= 4 is 11.7 Å². The van der Waals surface area contributed by atoms with Crippen LogP contribution in [-0.4, -0.2) is 46.0 Å². The van der Waals surface area contributed by atoms with Crippen molar-refractivity contribution in [2.75, 3.05) is 19.6 Å². The van der Waals surface area contributed by atoms with E-state index in [1.54, 1.807) is 13.1 Å². The summed E-state index contributed by atoms with van der Waals surface area (Å²) in [4.78, 5) is 25.1. The number of nitrogens with zero attached hydrogens (tertiary/aromatic N) is 3. The Hall–Kier alpha value is -1.89. The molecular formula is C14H20N4O3. The first kappa shape index (κ1) is 14.1. The minimum atomic E-state index is -0.462. The molecule has 114 valence electrons. The zero-order valence-electron chi connectivity index (χ0n) is 12.3. The fraction of sp³-hybridized carbons (Fsp3) is 0.643. The van der Waals surface area contributed by atoms with Gasteiger partial charge in [-0.1, -0.05) is 6.92 Å². The van der Waals surface area contributed by atoms with Crippen LogP contribution in [-0.2, 0) is 7.05 Å². The highest BCUT2D eigenvalue weighted by Crippen LogP contribution is 2.35. The molecule has 2 aliphatic heterocycles. The van der Waals surface area contributed by atoms with Gasteiger partial charge in [0.15, 0.2) is 5.69 Å². The first-order valence-corrected chi connectivity index (χ1v) is 7.36. The number of amides is 1. The van der Waals surface area contributed by atoms with Gasteiger partial charge in [-0.05, 0) is 29.2 Å². The van der Waals surface area contributed by atoms with Gasteiger partial charge in [0, 0.05) is 31.7 Å². The van der Waals surface area contributed by atoms with E-state index in [1.807, 2.05) is 4.90 Å². The van der Waals surface area contributed by atoms with Gasteiger partial charge in [-0.3, -0.25) is 4.79 Å². The second kappa shape index (κ2) is 5.14. The number of hydrogen-bond acceptors (Lipinski definition) is 4. The average Bonchev–Trinajstić information content (AvgIpc) is 3.10. The summed E-state index contributed by atoms with van der Waals surface area (Å²) < 4.78 is 1.38. The topological polar surface area (TPSA) is 80.4 Å². The number of nitrogens with one attached hydrogen (secondary N) is 1. The minimum absolute atomic E-state index is 0.0487. The van der Waals surface area contributed by atoms with Crippen molar-refractivity contribution in [2.45, 2.75) is 19.4 Å². The molecule has 0 aromatic carbocycles. The summed E-state index contributed by atoms with van der Waals surface area (Å²) in [5, 5.41) is 14.3. The lowest BCUT2D eigenvalue weighted by Crippen LogP contribution is -2.40. The molecule has 1 aromatic rings. The van der Waals surface area contributed by atoms with E-state index in [2.05, 4.69) is 12.2 Å². The Morgan fingerprint density at radius 2 is 2.24 bits per heavy atom. The van der Waals surface area contributed by atoms with E-state index in [0.717, 1.165) is 26.1 Å². The highest BCUT2D eigenvalue weighted by Gasteiger charge is 2.46. The molecule has 1 amide bonds. The number of hydrogen-bond donors (Lipinski definition) is 1. The maximum Gasteiger partial charge on any atom is 0.323 e. The molecule has 7 heteroatoms. The summed E-state index contributed by atoms with van der Waals surface area (Å²) in [6.07, 6.45) is 0.918. The van der Waals surface area contributed by atoms with E-state index in [-0.39, 0.29) is 17.8 Å². The van der Waals surface area contributed by atoms with Crippen molar-refractivity contribution in [3.63, 3.8) is 0 Å². The van der Waals surface area contributed by atoms with E-state index in [9.17, 15) is 14.9 Å². The van der Waals surface area contributed by atoms with Gasteiger partial charge in [-0.15, -0.1) is 0 Å². The number of carbonyl (C=O) groups excluding carboxylic acids is 1. The van der Waals surface area contributed by atoms with Crippen LogP contribution in [0.2, 0.25) is 0 Å². The summed E-state index contributed by atoms with van der Waals surface area (Å²) in [5.74, 6) is 0.877. The largest absolute Gasteiger partial charge is 0.358 e. The van der Waals surface area contributed by atoms with Crippen LogP contribution in [0, 0.1) is 22.0 Å². The van der Waals surface area contributed by atoms with Crippen molar-refractivity contribution in [3.05, 3.63) is 27.9 Å². The number of carbonyl (C=O) groups is 1. The second-order valence-corrected chi connectivity index (χ2v) is 5.91. The molecule has 1 N–H and O–H groups in total. The summed E-state index contributed by atoms with van der Waals surface area (Å²) in [6.45, 7) is 4.76. The first-order valence-electron chi connectivity index (χ1n) is 7.36. The standard InChI is InChI=1S/C14H20N4O3/c1-3-11-10-7-15-6-9(10)8-17(11)14(19)12-4-5-13(16(12)2)18(20)21/h4-5,9-11,15H,3,6-8H2,1-2H3. The fourth-order valence-corrected chi connectivity index (χ4v) is 3.83. The van der Waals surface area contributed by atoms with Crippen LogP contribution in [0.3, 0.4) is 0 Å². The number of aromatic nitrogens is 1.